The molecule has 0 aliphatic heterocycles. The molecule has 1 aliphatic carbocycles. The van der Waals surface area contributed by atoms with Crippen LogP contribution in [0.5, 0.6) is 0 Å². The standard InChI is InChI=1S/C21H29.C5H5.7CH3.Hf/c1-4-7-8-9-16-10-11-17-12-18-14-21(5-2,6-3)15-19(18)13-20(16)17;1-2-4-5-3-1;;;;;;;;/h10-13H,4-9,14-15H2,1-3H3;1-5H;7*1H3;/q9*-1;. The van der Waals surface area contributed by atoms with E-state index in [-0.39, 0.29) is 77.8 Å². The Bertz CT molecular complexity index is 770. The average Bonchev–Trinajstić information content (AvgIpc) is 3.41. The molecule has 0 heterocycles. The first kappa shape index (κ1) is 46.4. The van der Waals surface area contributed by atoms with Gasteiger partial charge in [-0.3, -0.25) is 0 Å². The third-order valence-electron chi connectivity index (χ3n) is 6.42. The van der Waals surface area contributed by atoms with Gasteiger partial charge in [0.25, 0.3) is 0 Å². The molecule has 34 heavy (non-hydrogen) atoms. The van der Waals surface area contributed by atoms with Crippen molar-refractivity contribution < 1.29 is 25.8 Å². The van der Waals surface area contributed by atoms with Crippen LogP contribution in [0.15, 0.2) is 54.6 Å². The Labute approximate surface area is 236 Å². The smallest absolute Gasteiger partial charge is 0 e. The predicted molar refractivity (Wildman–Crippen MR) is 160 cm³/mol. The van der Waals surface area contributed by atoms with Crippen molar-refractivity contribution in [3.63, 3.8) is 0 Å². The van der Waals surface area contributed by atoms with E-state index in [9.17, 15) is 0 Å². The fourth-order valence-electron chi connectivity index (χ4n) is 4.46. The van der Waals surface area contributed by atoms with Crippen molar-refractivity contribution in [1.82, 2.24) is 0 Å². The van der Waals surface area contributed by atoms with E-state index in [1.165, 1.54) is 62.1 Å². The summed E-state index contributed by atoms with van der Waals surface area (Å²) < 4.78 is 0. The molecular formula is C33H55Hf-9. The Morgan fingerprint density at radius 2 is 1.32 bits per heavy atom. The van der Waals surface area contributed by atoms with Crippen molar-refractivity contribution in [1.29, 1.82) is 0 Å². The van der Waals surface area contributed by atoms with Gasteiger partial charge in [0.15, 0.2) is 0 Å². The SMILES string of the molecule is CCCCC[c-]1ccc2cc3c(cc21)CC(CC)(CC)C3.[CH3-].[CH3-].[CH3-].[CH3-].[CH3-].[CH3-].[CH3-].[Hf].c1cc[cH-]c1. The summed E-state index contributed by atoms with van der Waals surface area (Å²) in [6.07, 6.45) is 10.5. The fourth-order valence-corrected chi connectivity index (χ4v) is 4.46. The molecule has 0 bridgehead atoms. The minimum Gasteiger partial charge on any atom is -0.358 e. The van der Waals surface area contributed by atoms with Gasteiger partial charge in [-0.25, -0.2) is 12.1 Å². The van der Waals surface area contributed by atoms with Crippen LogP contribution in [0, 0.1) is 57.4 Å². The molecule has 0 nitrogen and oxygen atoms in total. The van der Waals surface area contributed by atoms with Crippen LogP contribution in [0.2, 0.25) is 0 Å². The molecule has 0 saturated carbocycles. The molecule has 0 fully saturated rings. The first-order chi connectivity index (χ1) is 12.7. The second-order valence-corrected chi connectivity index (χ2v) is 8.05. The number of fused-ring (bicyclic) bond motifs is 2. The molecule has 1 aliphatic rings. The molecule has 0 amide bonds. The van der Waals surface area contributed by atoms with Crippen LogP contribution >= 0.6 is 0 Å². The number of hydrogen-bond acceptors (Lipinski definition) is 0. The van der Waals surface area contributed by atoms with Crippen LogP contribution < -0.4 is 0 Å². The molecule has 0 atom stereocenters. The van der Waals surface area contributed by atoms with E-state index in [0.29, 0.717) is 5.41 Å². The van der Waals surface area contributed by atoms with Crippen molar-refractivity contribution >= 4 is 10.8 Å². The van der Waals surface area contributed by atoms with Gasteiger partial charge in [-0.05, 0) is 31.1 Å². The molecule has 0 aromatic heterocycles. The molecule has 0 spiro atoms. The zero-order valence-corrected chi connectivity index (χ0v) is 27.9. The fraction of sp³-hybridized carbons (Fsp3) is 0.364. The summed E-state index contributed by atoms with van der Waals surface area (Å²) in [5.74, 6) is 0. The minimum absolute atomic E-state index is 0. The van der Waals surface area contributed by atoms with Gasteiger partial charge in [-0.1, -0.05) is 57.6 Å². The Morgan fingerprint density at radius 1 is 0.794 bits per heavy atom. The quantitative estimate of drug-likeness (QED) is 0.145. The first-order valence-electron chi connectivity index (χ1n) is 10.6. The summed E-state index contributed by atoms with van der Waals surface area (Å²) in [5, 5.41) is 3.01. The third kappa shape index (κ3) is 11.2. The van der Waals surface area contributed by atoms with Crippen LogP contribution in [-0.2, 0) is 45.1 Å². The maximum atomic E-state index is 2.53. The summed E-state index contributed by atoms with van der Waals surface area (Å²) in [6, 6.07) is 19.7. The number of benzene rings is 1. The van der Waals surface area contributed by atoms with Crippen LogP contribution in [0.1, 0.15) is 69.6 Å². The summed E-state index contributed by atoms with van der Waals surface area (Å²) in [5.41, 5.74) is 5.38. The van der Waals surface area contributed by atoms with Crippen LogP contribution in [0.4, 0.5) is 0 Å². The average molecular weight is 630 g/mol. The molecule has 0 saturated heterocycles. The predicted octanol–water partition coefficient (Wildman–Crippen LogP) is 10.8. The third-order valence-corrected chi connectivity index (χ3v) is 6.42. The van der Waals surface area contributed by atoms with E-state index in [4.69, 9.17) is 0 Å². The molecule has 0 unspecified atom stereocenters. The van der Waals surface area contributed by atoms with Crippen LogP contribution in [-0.4, -0.2) is 0 Å². The van der Waals surface area contributed by atoms with Crippen molar-refractivity contribution in [3.8, 4) is 0 Å². The molecule has 200 valence electrons. The number of hydrogen-bond donors (Lipinski definition) is 0. The van der Waals surface area contributed by atoms with Gasteiger partial charge < -0.3 is 52.0 Å². The van der Waals surface area contributed by atoms with Crippen molar-refractivity contribution in [3.05, 3.63) is 123 Å². The van der Waals surface area contributed by atoms with Crippen LogP contribution in [0.3, 0.4) is 0 Å². The monoisotopic (exact) mass is 631 g/mol. The molecular weight excluding hydrogens is 575 g/mol. The van der Waals surface area contributed by atoms with Gasteiger partial charge in [-0.15, -0.1) is 34.5 Å². The normalized spacial score (nSPS) is 11.4. The zero-order chi connectivity index (χ0) is 18.4. The molecule has 3 aromatic carbocycles. The molecule has 3 aromatic rings. The van der Waals surface area contributed by atoms with Crippen molar-refractivity contribution in [2.45, 2.75) is 72.1 Å². The van der Waals surface area contributed by atoms with Crippen molar-refractivity contribution in [2.75, 3.05) is 0 Å². The Hall–Kier alpha value is -0.950. The van der Waals surface area contributed by atoms with E-state index in [0.717, 1.165) is 0 Å². The summed E-state index contributed by atoms with van der Waals surface area (Å²) in [7, 11) is 0. The summed E-state index contributed by atoms with van der Waals surface area (Å²) >= 11 is 0. The van der Waals surface area contributed by atoms with E-state index in [2.05, 4.69) is 45.0 Å². The largest absolute Gasteiger partial charge is 0.358 e. The van der Waals surface area contributed by atoms with Crippen LogP contribution in [0.25, 0.3) is 10.8 Å². The van der Waals surface area contributed by atoms with Gasteiger partial charge >= 0.3 is 0 Å². The van der Waals surface area contributed by atoms with E-state index >= 15 is 0 Å². The second-order valence-electron chi connectivity index (χ2n) is 8.05. The maximum Gasteiger partial charge on any atom is 0 e. The number of unbranched alkanes of at least 4 members (excludes halogenated alkanes) is 2. The molecule has 1 heteroatoms. The van der Waals surface area contributed by atoms with Crippen molar-refractivity contribution in [2.24, 2.45) is 5.41 Å². The van der Waals surface area contributed by atoms with Gasteiger partial charge in [0.05, 0.1) is 0 Å². The minimum atomic E-state index is 0. The number of aryl methyl sites for hydroxylation is 1. The van der Waals surface area contributed by atoms with Gasteiger partial charge in [0, 0.05) is 25.8 Å². The molecule has 0 radical (unpaired) electrons. The molecule has 4 rings (SSSR count). The topological polar surface area (TPSA) is 0 Å². The van der Waals surface area contributed by atoms with Gasteiger partial charge in [-0.2, -0.15) is 24.3 Å². The van der Waals surface area contributed by atoms with E-state index in [1.54, 1.807) is 16.7 Å². The van der Waals surface area contributed by atoms with E-state index in [1.807, 2.05) is 30.3 Å². The Balaban J connectivity index is -0.000000136. The Morgan fingerprint density at radius 3 is 1.76 bits per heavy atom. The Kier molecular flexibility index (Phi) is 30.7. The first-order valence-corrected chi connectivity index (χ1v) is 10.6. The van der Waals surface area contributed by atoms with Gasteiger partial charge in [0.2, 0.25) is 0 Å². The summed E-state index contributed by atoms with van der Waals surface area (Å²) in [4.78, 5) is 0. The zero-order valence-electron chi connectivity index (χ0n) is 24.4. The number of rotatable bonds is 6. The summed E-state index contributed by atoms with van der Waals surface area (Å²) in [6.45, 7) is 7.02. The molecule has 0 N–H and O–H groups in total. The van der Waals surface area contributed by atoms with E-state index < -0.39 is 0 Å². The maximum absolute atomic E-state index is 2.53. The van der Waals surface area contributed by atoms with Gasteiger partial charge in [0.1, 0.15) is 0 Å². The second kappa shape index (κ2) is 22.5.